The Balaban J connectivity index is 1.86. The van der Waals surface area contributed by atoms with Gasteiger partial charge in [0.15, 0.2) is 0 Å². The number of nitrogen functional groups attached to an aromatic ring is 1. The van der Waals surface area contributed by atoms with Crippen molar-refractivity contribution < 1.29 is 13.2 Å². The second-order valence-electron chi connectivity index (χ2n) is 5.13. The average Bonchev–Trinajstić information content (AvgIpc) is 2.62. The summed E-state index contributed by atoms with van der Waals surface area (Å²) in [5, 5.41) is 2.88. The lowest BCUT2D eigenvalue weighted by Gasteiger charge is -2.12. The van der Waals surface area contributed by atoms with E-state index in [1.165, 1.54) is 25.6 Å². The van der Waals surface area contributed by atoms with E-state index >= 15 is 0 Å². The van der Waals surface area contributed by atoms with Crippen molar-refractivity contribution in [3.05, 3.63) is 54.9 Å². The molecule has 0 fully saturated rings. The molecule has 0 unspecified atom stereocenters. The van der Waals surface area contributed by atoms with Gasteiger partial charge in [-0.1, -0.05) is 18.2 Å². The van der Waals surface area contributed by atoms with Crippen molar-refractivity contribution >= 4 is 33.3 Å². The molecule has 26 heavy (non-hydrogen) atoms. The van der Waals surface area contributed by atoms with Gasteiger partial charge in [0, 0.05) is 5.69 Å². The van der Waals surface area contributed by atoms with Crippen molar-refractivity contribution in [3.63, 3.8) is 0 Å². The Labute approximate surface area is 150 Å². The molecule has 0 saturated heterocycles. The number of rotatable bonds is 6. The van der Waals surface area contributed by atoms with Crippen LogP contribution >= 0.6 is 0 Å². The molecule has 2 aromatic carbocycles. The van der Waals surface area contributed by atoms with Gasteiger partial charge in [-0.15, -0.1) is 0 Å². The third-order valence-electron chi connectivity index (χ3n) is 3.34. The molecule has 9 nitrogen and oxygen atoms in total. The Bertz CT molecular complexity index is 1030. The van der Waals surface area contributed by atoms with E-state index in [9.17, 15) is 8.42 Å². The maximum atomic E-state index is 12.7. The Morgan fingerprint density at radius 2 is 1.88 bits per heavy atom. The molecule has 3 rings (SSSR count). The van der Waals surface area contributed by atoms with Gasteiger partial charge in [-0.05, 0) is 30.3 Å². The lowest BCUT2D eigenvalue weighted by Crippen LogP contribution is -2.14. The van der Waals surface area contributed by atoms with Crippen molar-refractivity contribution in [1.82, 2.24) is 15.0 Å². The number of nitrogens with one attached hydrogen (secondary N) is 2. The highest BCUT2D eigenvalue weighted by Gasteiger charge is 2.17. The first-order chi connectivity index (χ1) is 12.5. The lowest BCUT2D eigenvalue weighted by atomic mass is 10.3. The smallest absolute Gasteiger partial charge is 0.262 e. The largest absolute Gasteiger partial charge is 0.495 e. The number of hydrogen-bond donors (Lipinski definition) is 3. The summed E-state index contributed by atoms with van der Waals surface area (Å²) in [6.45, 7) is 0. The van der Waals surface area contributed by atoms with E-state index in [-0.39, 0.29) is 16.8 Å². The zero-order valence-electron chi connectivity index (χ0n) is 13.7. The van der Waals surface area contributed by atoms with E-state index in [4.69, 9.17) is 10.5 Å². The summed E-state index contributed by atoms with van der Waals surface area (Å²) >= 11 is 0. The van der Waals surface area contributed by atoms with E-state index in [2.05, 4.69) is 25.0 Å². The maximum absolute atomic E-state index is 12.7. The minimum atomic E-state index is -3.82. The van der Waals surface area contributed by atoms with E-state index < -0.39 is 10.0 Å². The summed E-state index contributed by atoms with van der Waals surface area (Å²) in [6.07, 6.45) is 1.26. The van der Waals surface area contributed by atoms with Crippen LogP contribution in [-0.2, 0) is 10.0 Å². The van der Waals surface area contributed by atoms with Crippen LogP contribution in [0.2, 0.25) is 0 Å². The van der Waals surface area contributed by atoms with Crippen molar-refractivity contribution in [1.29, 1.82) is 0 Å². The van der Waals surface area contributed by atoms with Crippen LogP contribution in [0.4, 0.5) is 23.3 Å². The van der Waals surface area contributed by atoms with Crippen LogP contribution in [0.3, 0.4) is 0 Å². The fraction of sp³-hybridized carbons (Fsp3) is 0.0625. The number of anilines is 4. The van der Waals surface area contributed by atoms with Gasteiger partial charge < -0.3 is 15.8 Å². The summed E-state index contributed by atoms with van der Waals surface area (Å²) < 4.78 is 33.0. The molecule has 3 aromatic rings. The third-order valence-corrected chi connectivity index (χ3v) is 4.71. The molecule has 0 radical (unpaired) electrons. The molecule has 0 aliphatic heterocycles. The molecule has 0 amide bonds. The average molecular weight is 372 g/mol. The monoisotopic (exact) mass is 372 g/mol. The third kappa shape index (κ3) is 3.98. The van der Waals surface area contributed by atoms with Crippen molar-refractivity contribution in [2.45, 2.75) is 4.90 Å². The van der Waals surface area contributed by atoms with Gasteiger partial charge in [-0.2, -0.15) is 4.98 Å². The van der Waals surface area contributed by atoms with Crippen molar-refractivity contribution in [2.24, 2.45) is 0 Å². The SMILES string of the molecule is COc1ccccc1NS(=O)(=O)c1cccc(Nc2ncnc(N)n2)c1. The van der Waals surface area contributed by atoms with Gasteiger partial charge in [0.1, 0.15) is 12.1 Å². The van der Waals surface area contributed by atoms with Crippen LogP contribution in [0.25, 0.3) is 0 Å². The van der Waals surface area contributed by atoms with Gasteiger partial charge in [0.25, 0.3) is 10.0 Å². The highest BCUT2D eigenvalue weighted by atomic mass is 32.2. The Morgan fingerprint density at radius 1 is 1.08 bits per heavy atom. The van der Waals surface area contributed by atoms with Gasteiger partial charge in [0.05, 0.1) is 17.7 Å². The summed E-state index contributed by atoms with van der Waals surface area (Å²) in [7, 11) is -2.35. The molecule has 10 heteroatoms. The Kier molecular flexibility index (Phi) is 4.85. The minimum absolute atomic E-state index is 0.0594. The van der Waals surface area contributed by atoms with Crippen LogP contribution in [0.1, 0.15) is 0 Å². The molecule has 0 aliphatic rings. The molecule has 0 saturated carbocycles. The highest BCUT2D eigenvalue weighted by Crippen LogP contribution is 2.27. The fourth-order valence-corrected chi connectivity index (χ4v) is 3.29. The second kappa shape index (κ2) is 7.23. The standard InChI is InChI=1S/C16H16N6O3S/c1-25-14-8-3-2-7-13(14)22-26(23,24)12-6-4-5-11(9-12)20-16-19-10-18-15(17)21-16/h2-10,22H,1H3,(H3,17,18,19,20,21). The van der Waals surface area contributed by atoms with E-state index in [0.717, 1.165) is 0 Å². The quantitative estimate of drug-likeness (QED) is 0.598. The minimum Gasteiger partial charge on any atom is -0.495 e. The van der Waals surface area contributed by atoms with E-state index in [1.54, 1.807) is 36.4 Å². The highest BCUT2D eigenvalue weighted by molar-refractivity contribution is 7.92. The van der Waals surface area contributed by atoms with Crippen LogP contribution in [0.5, 0.6) is 5.75 Å². The van der Waals surface area contributed by atoms with Gasteiger partial charge in [-0.25, -0.2) is 18.4 Å². The van der Waals surface area contributed by atoms with Crippen LogP contribution in [-0.4, -0.2) is 30.5 Å². The van der Waals surface area contributed by atoms with Crippen molar-refractivity contribution in [3.8, 4) is 5.75 Å². The first-order valence-corrected chi connectivity index (χ1v) is 8.94. The molecular weight excluding hydrogens is 356 g/mol. The number of nitrogens with two attached hydrogens (primary N) is 1. The Hall–Kier alpha value is -3.40. The van der Waals surface area contributed by atoms with Gasteiger partial charge in [-0.3, -0.25) is 4.72 Å². The number of benzene rings is 2. The van der Waals surface area contributed by atoms with E-state index in [1.807, 2.05) is 0 Å². The first-order valence-electron chi connectivity index (χ1n) is 7.45. The predicted octanol–water partition coefficient (Wildman–Crippen LogP) is 2.01. The summed E-state index contributed by atoms with van der Waals surface area (Å²) in [4.78, 5) is 11.6. The fourth-order valence-electron chi connectivity index (χ4n) is 2.17. The van der Waals surface area contributed by atoms with Crippen LogP contribution in [0.15, 0.2) is 59.8 Å². The summed E-state index contributed by atoms with van der Waals surface area (Å²) in [5.41, 5.74) is 6.34. The molecule has 134 valence electrons. The number of methoxy groups -OCH3 is 1. The number of sulfonamides is 1. The molecule has 1 aromatic heterocycles. The van der Waals surface area contributed by atoms with Crippen LogP contribution in [0, 0.1) is 0 Å². The molecule has 0 aliphatic carbocycles. The topological polar surface area (TPSA) is 132 Å². The number of nitrogens with zero attached hydrogens (tertiary/aromatic N) is 3. The first kappa shape index (κ1) is 17.4. The maximum Gasteiger partial charge on any atom is 0.262 e. The zero-order chi connectivity index (χ0) is 18.6. The zero-order valence-corrected chi connectivity index (χ0v) is 14.6. The number of aromatic nitrogens is 3. The van der Waals surface area contributed by atoms with Gasteiger partial charge in [0.2, 0.25) is 11.9 Å². The van der Waals surface area contributed by atoms with Gasteiger partial charge >= 0.3 is 0 Å². The molecule has 0 spiro atoms. The number of para-hydroxylation sites is 2. The lowest BCUT2D eigenvalue weighted by molar-refractivity contribution is 0.417. The number of hydrogen-bond acceptors (Lipinski definition) is 8. The molecule has 1 heterocycles. The number of ether oxygens (including phenoxy) is 1. The Morgan fingerprint density at radius 3 is 2.65 bits per heavy atom. The molecule has 4 N–H and O–H groups in total. The van der Waals surface area contributed by atoms with Crippen molar-refractivity contribution in [2.75, 3.05) is 22.9 Å². The molecule has 0 atom stereocenters. The second-order valence-corrected chi connectivity index (χ2v) is 6.81. The summed E-state index contributed by atoms with van der Waals surface area (Å²) in [5.74, 6) is 0.694. The van der Waals surface area contributed by atoms with Crippen LogP contribution < -0.4 is 20.5 Å². The molecular formula is C16H16N6O3S. The molecule has 0 bridgehead atoms. The normalized spacial score (nSPS) is 11.0. The van der Waals surface area contributed by atoms with E-state index in [0.29, 0.717) is 17.1 Å². The summed E-state index contributed by atoms with van der Waals surface area (Å²) in [6, 6.07) is 13.0. The predicted molar refractivity (Wildman–Crippen MR) is 97.8 cm³/mol.